The molecule has 5 nitrogen and oxygen atoms in total. The molecule has 9 aromatic carbocycles. The molecule has 0 saturated carbocycles. The predicted octanol–water partition coefficient (Wildman–Crippen LogP) is 14.4. The minimum Gasteiger partial charge on any atom is -0.455 e. The number of hydrogen-bond acceptors (Lipinski definition) is 4. The summed E-state index contributed by atoms with van der Waals surface area (Å²) in [7, 11) is 0. The van der Waals surface area contributed by atoms with E-state index < -0.39 is 0 Å². The van der Waals surface area contributed by atoms with E-state index >= 15 is 0 Å². The van der Waals surface area contributed by atoms with E-state index in [1.54, 1.807) is 0 Å². The molecule has 280 valence electrons. The van der Waals surface area contributed by atoms with Crippen LogP contribution in [0.2, 0.25) is 0 Å². The second-order valence-electron chi connectivity index (χ2n) is 15.2. The zero-order chi connectivity index (χ0) is 39.6. The van der Waals surface area contributed by atoms with Crippen molar-refractivity contribution in [1.82, 2.24) is 19.5 Å². The number of rotatable bonds is 6. The second-order valence-corrected chi connectivity index (χ2v) is 15.2. The van der Waals surface area contributed by atoms with Crippen LogP contribution in [-0.2, 0) is 0 Å². The van der Waals surface area contributed by atoms with Gasteiger partial charge in [-0.2, -0.15) is 0 Å². The zero-order valence-electron chi connectivity index (χ0n) is 32.3. The Morgan fingerprint density at radius 2 is 0.950 bits per heavy atom. The Kier molecular flexibility index (Phi) is 7.78. The first-order valence-corrected chi connectivity index (χ1v) is 20.2. The Hall–Kier alpha value is -8.15. The largest absolute Gasteiger partial charge is 0.455 e. The first kappa shape index (κ1) is 33.9. The third-order valence-corrected chi connectivity index (χ3v) is 11.6. The van der Waals surface area contributed by atoms with Gasteiger partial charge in [0.05, 0.1) is 11.0 Å². The molecule has 3 aromatic heterocycles. The maximum atomic E-state index is 6.73. The Balaban J connectivity index is 1.14. The van der Waals surface area contributed by atoms with Crippen molar-refractivity contribution >= 4 is 54.5 Å². The average Bonchev–Trinajstić information content (AvgIpc) is 3.86. The molecule has 0 aliphatic heterocycles. The minimum atomic E-state index is 0.576. The van der Waals surface area contributed by atoms with Gasteiger partial charge in [0.2, 0.25) is 0 Å². The van der Waals surface area contributed by atoms with E-state index in [1.165, 1.54) is 21.5 Å². The van der Waals surface area contributed by atoms with Gasteiger partial charge in [-0.25, -0.2) is 15.0 Å². The maximum Gasteiger partial charge on any atom is 0.164 e. The third kappa shape index (κ3) is 5.59. The molecular weight excluding hydrogens is 733 g/mol. The Morgan fingerprint density at radius 3 is 1.78 bits per heavy atom. The van der Waals surface area contributed by atoms with Crippen molar-refractivity contribution in [3.63, 3.8) is 0 Å². The number of aromatic nitrogens is 4. The molecule has 0 aliphatic carbocycles. The van der Waals surface area contributed by atoms with Gasteiger partial charge in [0.1, 0.15) is 11.2 Å². The molecule has 12 rings (SSSR count). The van der Waals surface area contributed by atoms with Gasteiger partial charge in [0.25, 0.3) is 0 Å². The van der Waals surface area contributed by atoms with Crippen LogP contribution in [0.25, 0.3) is 117 Å². The van der Waals surface area contributed by atoms with Crippen molar-refractivity contribution in [3.05, 3.63) is 206 Å². The number of fused-ring (bicyclic) bond motifs is 7. The van der Waals surface area contributed by atoms with Crippen molar-refractivity contribution in [3.8, 4) is 62.1 Å². The number of nitrogens with zero attached hydrogens (tertiary/aromatic N) is 4. The number of benzene rings is 9. The van der Waals surface area contributed by atoms with Crippen LogP contribution in [0.15, 0.2) is 211 Å². The van der Waals surface area contributed by atoms with Gasteiger partial charge in [-0.1, -0.05) is 158 Å². The lowest BCUT2D eigenvalue weighted by molar-refractivity contribution is 0.670. The van der Waals surface area contributed by atoms with E-state index in [1.807, 2.05) is 48.5 Å². The summed E-state index contributed by atoms with van der Waals surface area (Å²) >= 11 is 0. The summed E-state index contributed by atoms with van der Waals surface area (Å²) in [5, 5.41) is 6.96. The fourth-order valence-electron chi connectivity index (χ4n) is 8.79. The lowest BCUT2D eigenvalue weighted by Gasteiger charge is -2.16. The molecule has 0 aliphatic rings. The van der Waals surface area contributed by atoms with E-state index in [4.69, 9.17) is 19.4 Å². The van der Waals surface area contributed by atoms with Crippen molar-refractivity contribution in [2.45, 2.75) is 0 Å². The molecule has 0 amide bonds. The number of para-hydroxylation sites is 3. The topological polar surface area (TPSA) is 56.7 Å². The smallest absolute Gasteiger partial charge is 0.164 e. The molecule has 0 N–H and O–H groups in total. The molecule has 60 heavy (non-hydrogen) atoms. The van der Waals surface area contributed by atoms with Gasteiger partial charge < -0.3 is 8.98 Å². The van der Waals surface area contributed by atoms with Crippen molar-refractivity contribution in [2.75, 3.05) is 0 Å². The third-order valence-electron chi connectivity index (χ3n) is 11.6. The monoisotopic (exact) mass is 766 g/mol. The molecular formula is C55H34N4O. The average molecular weight is 767 g/mol. The van der Waals surface area contributed by atoms with Crippen LogP contribution in [0.4, 0.5) is 0 Å². The lowest BCUT2D eigenvalue weighted by Crippen LogP contribution is -2.02. The van der Waals surface area contributed by atoms with Gasteiger partial charge in [-0.3, -0.25) is 0 Å². The van der Waals surface area contributed by atoms with Crippen LogP contribution in [0.5, 0.6) is 0 Å². The lowest BCUT2D eigenvalue weighted by atomic mass is 9.96. The summed E-state index contributed by atoms with van der Waals surface area (Å²) < 4.78 is 9.11. The van der Waals surface area contributed by atoms with E-state index in [2.05, 4.69) is 162 Å². The summed E-state index contributed by atoms with van der Waals surface area (Å²) in [6.45, 7) is 0. The van der Waals surface area contributed by atoms with Crippen LogP contribution in [-0.4, -0.2) is 19.5 Å². The van der Waals surface area contributed by atoms with Crippen LogP contribution in [0.1, 0.15) is 0 Å². The van der Waals surface area contributed by atoms with Crippen LogP contribution in [0, 0.1) is 0 Å². The van der Waals surface area contributed by atoms with Gasteiger partial charge in [0, 0.05) is 49.5 Å². The summed E-state index contributed by atoms with van der Waals surface area (Å²) in [4.78, 5) is 15.7. The van der Waals surface area contributed by atoms with E-state index in [9.17, 15) is 0 Å². The summed E-state index contributed by atoms with van der Waals surface area (Å²) in [6, 6.07) is 72.2. The Bertz CT molecular complexity index is 3610. The first-order valence-electron chi connectivity index (χ1n) is 20.2. The highest BCUT2D eigenvalue weighted by Gasteiger charge is 2.22. The summed E-state index contributed by atoms with van der Waals surface area (Å²) in [5.74, 6) is 1.78. The SMILES string of the molecule is c1ccc(-c2cccc(-c3nc(-c4ccccc4)nc(-c4ccc(-n5c6ccccc6c6cc7ccccc7cc65)cc4-c4cccc5c4oc4ccccc45)n3)c2)cc1. The van der Waals surface area contributed by atoms with E-state index in [0.29, 0.717) is 17.5 Å². The molecule has 0 unspecified atom stereocenters. The standard InChI is InChI=1S/C55H34N4O/c1-3-15-35(16-4-1)37-21-13-22-40(31-37)54-56-53(36-17-5-2-6-18-36)57-55(58-54)46-30-29-41(34-47(46)45-26-14-25-44-43-24-10-12-28-51(43)60-52(44)45)59-49-27-11-9-23-42(49)48-32-38-19-7-8-20-39(38)33-50(48)59/h1-34H. The van der Waals surface area contributed by atoms with Crippen molar-refractivity contribution in [2.24, 2.45) is 0 Å². The molecule has 0 saturated heterocycles. The van der Waals surface area contributed by atoms with Crippen molar-refractivity contribution < 1.29 is 4.42 Å². The number of furan rings is 1. The quantitative estimate of drug-likeness (QED) is 0.169. The molecule has 0 atom stereocenters. The molecule has 0 radical (unpaired) electrons. The van der Waals surface area contributed by atoms with Gasteiger partial charge in [-0.05, 0) is 76.0 Å². The van der Waals surface area contributed by atoms with Crippen LogP contribution in [0.3, 0.4) is 0 Å². The summed E-state index contributed by atoms with van der Waals surface area (Å²) in [6.07, 6.45) is 0. The highest BCUT2D eigenvalue weighted by molar-refractivity contribution is 6.14. The van der Waals surface area contributed by atoms with Gasteiger partial charge in [-0.15, -0.1) is 0 Å². The number of hydrogen-bond donors (Lipinski definition) is 0. The molecule has 12 aromatic rings. The molecule has 5 heteroatoms. The first-order chi connectivity index (χ1) is 29.7. The molecule has 0 bridgehead atoms. The fraction of sp³-hybridized carbons (Fsp3) is 0. The van der Waals surface area contributed by atoms with Crippen LogP contribution >= 0.6 is 0 Å². The molecule has 0 spiro atoms. The molecule has 0 fully saturated rings. The predicted molar refractivity (Wildman–Crippen MR) is 246 cm³/mol. The minimum absolute atomic E-state index is 0.576. The maximum absolute atomic E-state index is 6.73. The fourth-order valence-corrected chi connectivity index (χ4v) is 8.79. The van der Waals surface area contributed by atoms with Gasteiger partial charge >= 0.3 is 0 Å². The molecule has 3 heterocycles. The van der Waals surface area contributed by atoms with Gasteiger partial charge in [0.15, 0.2) is 17.5 Å². The highest BCUT2D eigenvalue weighted by Crippen LogP contribution is 2.42. The second kappa shape index (κ2) is 13.8. The van der Waals surface area contributed by atoms with E-state index in [-0.39, 0.29) is 0 Å². The summed E-state index contributed by atoms with van der Waals surface area (Å²) in [5.41, 5.74) is 11.8. The van der Waals surface area contributed by atoms with Crippen LogP contribution < -0.4 is 0 Å². The normalized spacial score (nSPS) is 11.7. The van der Waals surface area contributed by atoms with Crippen molar-refractivity contribution in [1.29, 1.82) is 0 Å². The zero-order valence-corrected chi connectivity index (χ0v) is 32.3. The Morgan fingerprint density at radius 1 is 0.333 bits per heavy atom. The van der Waals surface area contributed by atoms with E-state index in [0.717, 1.165) is 77.6 Å². The Labute approximate surface area is 345 Å². The highest BCUT2D eigenvalue weighted by atomic mass is 16.3.